The monoisotopic (exact) mass is 475 g/mol. The van der Waals surface area contributed by atoms with E-state index in [0.29, 0.717) is 61.0 Å². The number of hydrogen-bond acceptors (Lipinski definition) is 6. The minimum atomic E-state index is -0.368. The molecule has 0 bridgehead atoms. The average molecular weight is 476 g/mol. The molecule has 3 aromatic heterocycles. The van der Waals surface area contributed by atoms with Gasteiger partial charge in [-0.15, -0.1) is 4.99 Å². The number of anilines is 1. The van der Waals surface area contributed by atoms with Crippen molar-refractivity contribution in [3.8, 4) is 17.5 Å². The van der Waals surface area contributed by atoms with E-state index in [1.165, 1.54) is 12.1 Å². The summed E-state index contributed by atoms with van der Waals surface area (Å²) in [5.41, 5.74) is 4.51. The Bertz CT molecular complexity index is 1460. The maximum Gasteiger partial charge on any atom is 0.210 e. The molecule has 4 heterocycles. The fourth-order valence-corrected chi connectivity index (χ4v) is 4.56. The minimum Gasteiger partial charge on any atom is -0.393 e. The summed E-state index contributed by atoms with van der Waals surface area (Å²) in [6.45, 7) is 1.49. The number of aromatic nitrogens is 4. The fourth-order valence-electron chi connectivity index (χ4n) is 4.56. The molecule has 0 spiro atoms. The average Bonchev–Trinajstić information content (AvgIpc) is 3.45. The smallest absolute Gasteiger partial charge is 0.210 e. The summed E-state index contributed by atoms with van der Waals surface area (Å²) in [4.78, 5) is 18.2. The summed E-state index contributed by atoms with van der Waals surface area (Å²) in [5.74, 6) is 0.728. The number of nitrogens with one attached hydrogen (secondary N) is 3. The molecule has 0 atom stereocenters. The Morgan fingerprint density at radius 2 is 2.11 bits per heavy atom. The van der Waals surface area contributed by atoms with E-state index in [1.807, 2.05) is 34.8 Å². The molecule has 11 heteroatoms. The number of benzene rings is 1. The van der Waals surface area contributed by atoms with Crippen LogP contribution in [-0.4, -0.2) is 61.7 Å². The molecule has 1 aliphatic heterocycles. The first kappa shape index (κ1) is 22.6. The normalized spacial score (nSPS) is 15.1. The predicted molar refractivity (Wildman–Crippen MR) is 132 cm³/mol. The van der Waals surface area contributed by atoms with Crippen molar-refractivity contribution in [3.63, 3.8) is 0 Å². The molecule has 35 heavy (non-hydrogen) atoms. The predicted octanol–water partition coefficient (Wildman–Crippen LogP) is 2.68. The number of nitrogens with zero attached hydrogens (tertiary/aromatic N) is 6. The summed E-state index contributed by atoms with van der Waals surface area (Å²) < 4.78 is 16.6. The van der Waals surface area contributed by atoms with Crippen LogP contribution in [0.15, 0.2) is 35.6 Å². The zero-order valence-corrected chi connectivity index (χ0v) is 19.5. The van der Waals surface area contributed by atoms with Gasteiger partial charge in [-0.3, -0.25) is 0 Å². The number of aliphatic hydroxyl groups is 1. The van der Waals surface area contributed by atoms with Gasteiger partial charge in [0.1, 0.15) is 17.0 Å². The zero-order valence-electron chi connectivity index (χ0n) is 19.5. The van der Waals surface area contributed by atoms with Crippen LogP contribution in [0, 0.1) is 17.3 Å². The fraction of sp³-hybridized carbons (Fsp3) is 0.333. The number of halogens is 1. The van der Waals surface area contributed by atoms with Gasteiger partial charge in [0.2, 0.25) is 12.2 Å². The van der Waals surface area contributed by atoms with Crippen LogP contribution in [0.1, 0.15) is 18.4 Å². The number of H-pyrrole nitrogens is 1. The van der Waals surface area contributed by atoms with Crippen molar-refractivity contribution < 1.29 is 9.50 Å². The molecule has 1 aromatic carbocycles. The van der Waals surface area contributed by atoms with Crippen LogP contribution in [0.25, 0.3) is 33.3 Å². The summed E-state index contributed by atoms with van der Waals surface area (Å²) in [7, 11) is 3.73. The molecule has 5 rings (SSSR count). The lowest BCUT2D eigenvalue weighted by atomic mass is 10.1. The molecule has 4 N–H and O–H groups in total. The SMILES string of the molecule is CNc1nc2[nH]c(-c3cc(F)cc(CN/C(=N\C#N)N4CCC(O)CC4)c3)cc2c2c1ncn2C. The van der Waals surface area contributed by atoms with Crippen molar-refractivity contribution in [2.24, 2.45) is 12.0 Å². The third-order valence-corrected chi connectivity index (χ3v) is 6.31. The number of aliphatic hydroxyl groups excluding tert-OH is 1. The maximum atomic E-state index is 14.6. The lowest BCUT2D eigenvalue weighted by molar-refractivity contribution is 0.108. The lowest BCUT2D eigenvalue weighted by Crippen LogP contribution is -2.46. The van der Waals surface area contributed by atoms with E-state index in [4.69, 9.17) is 5.26 Å². The number of imidazole rings is 1. The number of rotatable bonds is 4. The Labute approximate surface area is 201 Å². The number of aryl methyl sites for hydroxylation is 1. The van der Waals surface area contributed by atoms with E-state index in [0.717, 1.165) is 22.1 Å². The molecule has 0 amide bonds. The van der Waals surface area contributed by atoms with E-state index in [-0.39, 0.29) is 11.9 Å². The Morgan fingerprint density at radius 1 is 1.31 bits per heavy atom. The van der Waals surface area contributed by atoms with Crippen molar-refractivity contribution in [3.05, 3.63) is 42.0 Å². The van der Waals surface area contributed by atoms with E-state index < -0.39 is 0 Å². The highest BCUT2D eigenvalue weighted by atomic mass is 19.1. The topological polar surface area (TPSA) is 130 Å². The minimum absolute atomic E-state index is 0.290. The van der Waals surface area contributed by atoms with E-state index in [2.05, 4.69) is 30.6 Å². The van der Waals surface area contributed by atoms with Gasteiger partial charge in [-0.05, 0) is 42.7 Å². The second-order valence-electron chi connectivity index (χ2n) is 8.66. The first-order chi connectivity index (χ1) is 17.0. The zero-order chi connectivity index (χ0) is 24.5. The molecule has 0 aliphatic carbocycles. The highest BCUT2D eigenvalue weighted by Gasteiger charge is 2.20. The van der Waals surface area contributed by atoms with Gasteiger partial charge in [0.05, 0.1) is 17.9 Å². The van der Waals surface area contributed by atoms with Gasteiger partial charge in [0.15, 0.2) is 5.82 Å². The standard InChI is InChI=1S/C24H26FN9O/c1-27-23-20-21(33(2)13-30-20)18-10-19(31-22(18)32-23)15-7-14(8-16(25)9-15)11-28-24(29-12-26)34-5-3-17(35)4-6-34/h7-10,13,17,35H,3-6,11H2,1-2H3,(H,28,29)(H2,27,31,32). The van der Waals surface area contributed by atoms with Gasteiger partial charge in [-0.25, -0.2) is 14.4 Å². The molecular formula is C24H26FN9O. The number of fused-ring (bicyclic) bond motifs is 3. The van der Waals surface area contributed by atoms with E-state index in [1.54, 1.807) is 13.4 Å². The Hall–Kier alpha value is -4.17. The van der Waals surface area contributed by atoms with Gasteiger partial charge in [0, 0.05) is 50.4 Å². The van der Waals surface area contributed by atoms with E-state index >= 15 is 0 Å². The highest BCUT2D eigenvalue weighted by Crippen LogP contribution is 2.32. The number of likely N-dealkylation sites (tertiary alicyclic amines) is 1. The number of pyridine rings is 1. The molecule has 0 unspecified atom stereocenters. The van der Waals surface area contributed by atoms with Crippen LogP contribution in [0.5, 0.6) is 0 Å². The van der Waals surface area contributed by atoms with Gasteiger partial charge in [0.25, 0.3) is 0 Å². The number of hydrogen-bond donors (Lipinski definition) is 4. The number of aliphatic imine (C=N–C) groups is 1. The van der Waals surface area contributed by atoms with Crippen LogP contribution < -0.4 is 10.6 Å². The van der Waals surface area contributed by atoms with Gasteiger partial charge in [-0.2, -0.15) is 5.26 Å². The molecule has 10 nitrogen and oxygen atoms in total. The van der Waals surface area contributed by atoms with Gasteiger partial charge >= 0.3 is 0 Å². The van der Waals surface area contributed by atoms with Crippen LogP contribution >= 0.6 is 0 Å². The second-order valence-corrected chi connectivity index (χ2v) is 8.66. The summed E-state index contributed by atoms with van der Waals surface area (Å²) in [6.07, 6.45) is 4.47. The van der Waals surface area contributed by atoms with Crippen molar-refractivity contribution in [1.82, 2.24) is 29.7 Å². The summed E-state index contributed by atoms with van der Waals surface area (Å²) >= 11 is 0. The third kappa shape index (κ3) is 4.36. The molecule has 1 aliphatic rings. The van der Waals surface area contributed by atoms with E-state index in [9.17, 15) is 9.50 Å². The van der Waals surface area contributed by atoms with Crippen molar-refractivity contribution in [1.29, 1.82) is 5.26 Å². The van der Waals surface area contributed by atoms with Crippen LogP contribution in [-0.2, 0) is 13.6 Å². The molecule has 4 aromatic rings. The third-order valence-electron chi connectivity index (χ3n) is 6.31. The summed E-state index contributed by atoms with van der Waals surface area (Å²) in [5, 5.41) is 26.0. The van der Waals surface area contributed by atoms with Crippen molar-refractivity contribution in [2.45, 2.75) is 25.5 Å². The number of guanidine groups is 1. The Kier molecular flexibility index (Phi) is 5.96. The first-order valence-electron chi connectivity index (χ1n) is 11.4. The quantitative estimate of drug-likeness (QED) is 0.203. The Balaban J connectivity index is 1.44. The molecule has 1 saturated heterocycles. The molecular weight excluding hydrogens is 449 g/mol. The van der Waals surface area contributed by atoms with Gasteiger partial charge < -0.3 is 30.2 Å². The highest BCUT2D eigenvalue weighted by molar-refractivity contribution is 6.07. The molecule has 180 valence electrons. The first-order valence-corrected chi connectivity index (χ1v) is 11.4. The number of nitriles is 1. The molecule has 0 saturated carbocycles. The number of piperidine rings is 1. The van der Waals surface area contributed by atoms with Crippen LogP contribution in [0.3, 0.4) is 0 Å². The lowest BCUT2D eigenvalue weighted by Gasteiger charge is -2.31. The largest absolute Gasteiger partial charge is 0.393 e. The van der Waals surface area contributed by atoms with Gasteiger partial charge in [-0.1, -0.05) is 0 Å². The number of aromatic amines is 1. The molecule has 0 radical (unpaired) electrons. The molecule has 1 fully saturated rings. The van der Waals surface area contributed by atoms with Crippen LogP contribution in [0.2, 0.25) is 0 Å². The maximum absolute atomic E-state index is 14.6. The Morgan fingerprint density at radius 3 is 2.86 bits per heavy atom. The second kappa shape index (κ2) is 9.23. The van der Waals surface area contributed by atoms with Crippen molar-refractivity contribution in [2.75, 3.05) is 25.5 Å². The van der Waals surface area contributed by atoms with Crippen LogP contribution in [0.4, 0.5) is 10.2 Å². The van der Waals surface area contributed by atoms with Crippen molar-refractivity contribution >= 4 is 33.8 Å². The summed E-state index contributed by atoms with van der Waals surface area (Å²) in [6, 6.07) is 6.78.